The summed E-state index contributed by atoms with van der Waals surface area (Å²) < 4.78 is 25.0. The van der Waals surface area contributed by atoms with Crippen LogP contribution in [0.4, 0.5) is 0 Å². The van der Waals surface area contributed by atoms with Crippen LogP contribution in [0, 0.1) is 0 Å². The SMILES string of the molecule is CS(=O)(=O)c1ccc(-n2ncc3c(C4(N)CCC(N)CC4)ncnc32)cc1. The van der Waals surface area contributed by atoms with Crippen LogP contribution in [-0.2, 0) is 15.4 Å². The van der Waals surface area contributed by atoms with Crippen molar-refractivity contribution < 1.29 is 8.42 Å². The molecular weight excluding hydrogens is 364 g/mol. The number of benzene rings is 1. The van der Waals surface area contributed by atoms with Crippen molar-refractivity contribution in [3.63, 3.8) is 0 Å². The van der Waals surface area contributed by atoms with Gasteiger partial charge in [0.15, 0.2) is 15.5 Å². The van der Waals surface area contributed by atoms with Gasteiger partial charge < -0.3 is 11.5 Å². The fourth-order valence-electron chi connectivity index (χ4n) is 3.66. The highest BCUT2D eigenvalue weighted by Crippen LogP contribution is 2.36. The molecule has 9 heteroatoms. The van der Waals surface area contributed by atoms with Crippen molar-refractivity contribution in [2.45, 2.75) is 42.2 Å². The molecule has 0 radical (unpaired) electrons. The molecule has 1 fully saturated rings. The van der Waals surface area contributed by atoms with Crippen molar-refractivity contribution in [2.24, 2.45) is 11.5 Å². The Kier molecular flexibility index (Phi) is 4.25. The zero-order valence-corrected chi connectivity index (χ0v) is 15.9. The smallest absolute Gasteiger partial charge is 0.175 e. The molecule has 142 valence electrons. The van der Waals surface area contributed by atoms with Crippen molar-refractivity contribution in [2.75, 3.05) is 6.26 Å². The molecule has 0 atom stereocenters. The summed E-state index contributed by atoms with van der Waals surface area (Å²) in [6.07, 6.45) is 7.68. The maximum Gasteiger partial charge on any atom is 0.175 e. The number of nitrogens with zero attached hydrogens (tertiary/aromatic N) is 4. The second kappa shape index (κ2) is 6.36. The molecule has 8 nitrogen and oxygen atoms in total. The molecule has 0 bridgehead atoms. The zero-order chi connectivity index (χ0) is 19.2. The monoisotopic (exact) mass is 386 g/mol. The molecule has 0 spiro atoms. The Morgan fingerprint density at radius 2 is 1.81 bits per heavy atom. The molecule has 4 rings (SSSR count). The lowest BCUT2D eigenvalue weighted by Gasteiger charge is -2.35. The lowest BCUT2D eigenvalue weighted by Crippen LogP contribution is -2.44. The van der Waals surface area contributed by atoms with Crippen molar-refractivity contribution >= 4 is 20.9 Å². The molecule has 0 amide bonds. The molecule has 1 saturated carbocycles. The minimum atomic E-state index is -3.25. The van der Waals surface area contributed by atoms with E-state index in [9.17, 15) is 8.42 Å². The molecule has 0 unspecified atom stereocenters. The molecular formula is C18H22N6O2S. The van der Waals surface area contributed by atoms with Crippen molar-refractivity contribution in [1.82, 2.24) is 19.7 Å². The van der Waals surface area contributed by atoms with E-state index in [0.29, 0.717) is 5.65 Å². The second-order valence-corrected chi connectivity index (χ2v) is 9.29. The third kappa shape index (κ3) is 3.22. The van der Waals surface area contributed by atoms with Crippen LogP contribution in [0.25, 0.3) is 16.7 Å². The third-order valence-corrected chi connectivity index (χ3v) is 6.40. The van der Waals surface area contributed by atoms with Gasteiger partial charge >= 0.3 is 0 Å². The van der Waals surface area contributed by atoms with E-state index in [2.05, 4.69) is 15.1 Å². The Morgan fingerprint density at radius 3 is 2.44 bits per heavy atom. The van der Waals surface area contributed by atoms with Gasteiger partial charge in [0.1, 0.15) is 6.33 Å². The number of fused-ring (bicyclic) bond motifs is 1. The van der Waals surface area contributed by atoms with Crippen molar-refractivity contribution in [3.8, 4) is 5.69 Å². The van der Waals surface area contributed by atoms with Gasteiger partial charge in [-0.25, -0.2) is 23.1 Å². The number of sulfone groups is 1. The molecule has 1 aromatic carbocycles. The van der Waals surface area contributed by atoms with Gasteiger partial charge in [0, 0.05) is 12.3 Å². The summed E-state index contributed by atoms with van der Waals surface area (Å²) in [4.78, 5) is 9.11. The summed E-state index contributed by atoms with van der Waals surface area (Å²) in [7, 11) is -3.25. The molecule has 0 saturated heterocycles. The van der Waals surface area contributed by atoms with Crippen LogP contribution in [0.1, 0.15) is 31.4 Å². The van der Waals surface area contributed by atoms with Gasteiger partial charge in [0.25, 0.3) is 0 Å². The third-order valence-electron chi connectivity index (χ3n) is 5.27. The lowest BCUT2D eigenvalue weighted by molar-refractivity contribution is 0.273. The van der Waals surface area contributed by atoms with Crippen LogP contribution >= 0.6 is 0 Å². The van der Waals surface area contributed by atoms with Crippen LogP contribution in [0.3, 0.4) is 0 Å². The first-order valence-corrected chi connectivity index (χ1v) is 10.7. The molecule has 27 heavy (non-hydrogen) atoms. The molecule has 3 aromatic rings. The Hall–Kier alpha value is -2.36. The average molecular weight is 386 g/mol. The Labute approximate surface area is 157 Å². The summed E-state index contributed by atoms with van der Waals surface area (Å²) in [5.74, 6) is 0. The maximum atomic E-state index is 11.7. The van der Waals surface area contributed by atoms with Crippen molar-refractivity contribution in [3.05, 3.63) is 42.5 Å². The fraction of sp³-hybridized carbons (Fsp3) is 0.389. The Morgan fingerprint density at radius 1 is 1.15 bits per heavy atom. The van der Waals surface area contributed by atoms with E-state index in [-0.39, 0.29) is 10.9 Å². The highest BCUT2D eigenvalue weighted by Gasteiger charge is 2.35. The normalized spacial score (nSPS) is 23.6. The highest BCUT2D eigenvalue weighted by atomic mass is 32.2. The summed E-state index contributed by atoms with van der Waals surface area (Å²) in [6, 6.07) is 6.74. The first-order valence-electron chi connectivity index (χ1n) is 8.82. The van der Waals surface area contributed by atoms with Crippen LogP contribution in [0.5, 0.6) is 0 Å². The number of hydrogen-bond donors (Lipinski definition) is 2. The summed E-state index contributed by atoms with van der Waals surface area (Å²) >= 11 is 0. The van der Waals surface area contributed by atoms with Gasteiger partial charge in [0.05, 0.1) is 33.4 Å². The largest absolute Gasteiger partial charge is 0.328 e. The van der Waals surface area contributed by atoms with Gasteiger partial charge in [-0.3, -0.25) is 0 Å². The van der Waals surface area contributed by atoms with Gasteiger partial charge in [0.2, 0.25) is 0 Å². The Balaban J connectivity index is 1.77. The predicted molar refractivity (Wildman–Crippen MR) is 102 cm³/mol. The van der Waals surface area contributed by atoms with E-state index in [4.69, 9.17) is 11.5 Å². The predicted octanol–water partition coefficient (Wildman–Crippen LogP) is 1.27. The first-order chi connectivity index (χ1) is 12.8. The standard InChI is InChI=1S/C18H22N6O2S/c1-27(25,26)14-4-2-13(3-5-14)24-17-15(10-23-24)16(21-11-22-17)18(20)8-6-12(19)7-9-18/h2-5,10-12H,6-9,19-20H2,1H3. The van der Waals surface area contributed by atoms with Crippen LogP contribution in [-0.4, -0.2) is 40.5 Å². The van der Waals surface area contributed by atoms with Crippen LogP contribution in [0.15, 0.2) is 41.7 Å². The van der Waals surface area contributed by atoms with Crippen LogP contribution in [0.2, 0.25) is 0 Å². The van der Waals surface area contributed by atoms with E-state index < -0.39 is 15.4 Å². The fourth-order valence-corrected chi connectivity index (χ4v) is 4.29. The average Bonchev–Trinajstić information content (AvgIpc) is 3.08. The molecule has 0 aliphatic heterocycles. The van der Waals surface area contributed by atoms with Gasteiger partial charge in [-0.05, 0) is 49.9 Å². The highest BCUT2D eigenvalue weighted by molar-refractivity contribution is 7.90. The summed E-state index contributed by atoms with van der Waals surface area (Å²) in [6.45, 7) is 0. The van der Waals surface area contributed by atoms with Gasteiger partial charge in [-0.15, -0.1) is 0 Å². The molecule has 2 aromatic heterocycles. The quantitative estimate of drug-likeness (QED) is 0.693. The van der Waals surface area contributed by atoms with Crippen LogP contribution < -0.4 is 11.5 Å². The minimum Gasteiger partial charge on any atom is -0.328 e. The minimum absolute atomic E-state index is 0.190. The van der Waals surface area contributed by atoms with Gasteiger partial charge in [-0.2, -0.15) is 5.10 Å². The summed E-state index contributed by atoms with van der Waals surface area (Å²) in [5.41, 5.74) is 14.3. The van der Waals surface area contributed by atoms with Crippen molar-refractivity contribution in [1.29, 1.82) is 0 Å². The molecule has 2 heterocycles. The number of aromatic nitrogens is 4. The number of hydrogen-bond acceptors (Lipinski definition) is 7. The summed E-state index contributed by atoms with van der Waals surface area (Å²) in [5, 5.41) is 5.25. The zero-order valence-electron chi connectivity index (χ0n) is 15.0. The topological polar surface area (TPSA) is 130 Å². The Bertz CT molecular complexity index is 1080. The lowest BCUT2D eigenvalue weighted by atomic mass is 9.77. The van der Waals surface area contributed by atoms with E-state index in [0.717, 1.165) is 42.5 Å². The van der Waals surface area contributed by atoms with E-state index in [1.54, 1.807) is 35.1 Å². The number of nitrogens with two attached hydrogens (primary N) is 2. The first kappa shape index (κ1) is 18.0. The molecule has 1 aliphatic carbocycles. The molecule has 4 N–H and O–H groups in total. The second-order valence-electron chi connectivity index (χ2n) is 7.28. The molecule has 1 aliphatic rings. The number of rotatable bonds is 3. The maximum absolute atomic E-state index is 11.7. The van der Waals surface area contributed by atoms with E-state index >= 15 is 0 Å². The van der Waals surface area contributed by atoms with E-state index in [1.165, 1.54) is 12.6 Å². The van der Waals surface area contributed by atoms with Gasteiger partial charge in [-0.1, -0.05) is 0 Å². The van der Waals surface area contributed by atoms with E-state index in [1.807, 2.05) is 0 Å².